The number of nitrogens with one attached hydrogen (secondary N) is 1. The molecule has 0 bridgehead atoms. The highest BCUT2D eigenvalue weighted by molar-refractivity contribution is 7.71. The maximum atomic E-state index is 5.39. The van der Waals surface area contributed by atoms with Crippen LogP contribution in [0.5, 0.6) is 0 Å². The van der Waals surface area contributed by atoms with Gasteiger partial charge in [0.15, 0.2) is 10.4 Å². The quantitative estimate of drug-likeness (QED) is 0.755. The van der Waals surface area contributed by atoms with E-state index in [9.17, 15) is 0 Å². The Morgan fingerprint density at radius 3 is 2.89 bits per heavy atom. The second kappa shape index (κ2) is 4.57. The number of nitrogens with zero attached hydrogens (tertiary/aromatic N) is 4. The smallest absolute Gasteiger partial charge is 0.179 e. The number of fused-ring (bicyclic) bond motifs is 1. The Kier molecular flexibility index (Phi) is 3.02. The fourth-order valence-electron chi connectivity index (χ4n) is 2.33. The van der Waals surface area contributed by atoms with Crippen LogP contribution in [0.15, 0.2) is 5.38 Å². The molecule has 19 heavy (non-hydrogen) atoms. The molecule has 0 atom stereocenters. The van der Waals surface area contributed by atoms with Gasteiger partial charge in [0.25, 0.3) is 0 Å². The van der Waals surface area contributed by atoms with E-state index in [4.69, 9.17) is 12.2 Å². The molecule has 0 saturated carbocycles. The van der Waals surface area contributed by atoms with E-state index < -0.39 is 0 Å². The average Bonchev–Trinajstić information content (AvgIpc) is 2.97. The highest BCUT2D eigenvalue weighted by Crippen LogP contribution is 2.18. The first-order valence-electron chi connectivity index (χ1n) is 6.09. The average molecular weight is 293 g/mol. The third kappa shape index (κ3) is 2.12. The number of imidazole rings is 1. The van der Waals surface area contributed by atoms with Crippen LogP contribution < -0.4 is 0 Å². The number of thiazole rings is 1. The van der Waals surface area contributed by atoms with Crippen LogP contribution in [-0.2, 0) is 20.0 Å². The van der Waals surface area contributed by atoms with Gasteiger partial charge in [-0.2, -0.15) is 5.10 Å². The summed E-state index contributed by atoms with van der Waals surface area (Å²) in [4.78, 5) is 7.72. The number of hydrogen-bond acceptors (Lipinski definition) is 4. The first kappa shape index (κ1) is 12.6. The van der Waals surface area contributed by atoms with E-state index in [0.717, 1.165) is 45.3 Å². The van der Waals surface area contributed by atoms with Crippen molar-refractivity contribution < 1.29 is 0 Å². The van der Waals surface area contributed by atoms with Crippen molar-refractivity contribution in [1.29, 1.82) is 0 Å². The zero-order valence-corrected chi connectivity index (χ0v) is 12.7. The molecule has 100 valence electrons. The first-order chi connectivity index (χ1) is 9.06. The molecular formula is C12H15N5S2. The van der Waals surface area contributed by atoms with Gasteiger partial charge >= 0.3 is 0 Å². The van der Waals surface area contributed by atoms with Crippen molar-refractivity contribution in [2.75, 3.05) is 0 Å². The van der Waals surface area contributed by atoms with E-state index in [1.54, 1.807) is 11.3 Å². The fraction of sp³-hybridized carbons (Fsp3) is 0.417. The molecule has 3 aromatic rings. The molecular weight excluding hydrogens is 278 g/mol. The van der Waals surface area contributed by atoms with Crippen LogP contribution in [0.3, 0.4) is 0 Å². The minimum atomic E-state index is 0.748. The molecule has 0 aliphatic carbocycles. The van der Waals surface area contributed by atoms with Gasteiger partial charge in [0, 0.05) is 25.4 Å². The normalized spacial score (nSPS) is 11.5. The Bertz CT molecular complexity index is 789. The maximum absolute atomic E-state index is 5.39. The lowest BCUT2D eigenvalue weighted by Gasteiger charge is -2.03. The number of aryl methyl sites for hydroxylation is 5. The van der Waals surface area contributed by atoms with E-state index in [1.807, 2.05) is 25.6 Å². The molecule has 3 aromatic heterocycles. The summed E-state index contributed by atoms with van der Waals surface area (Å²) in [5.74, 6) is 0. The molecule has 0 aliphatic rings. The van der Waals surface area contributed by atoms with Gasteiger partial charge in [-0.15, -0.1) is 11.3 Å². The fourth-order valence-corrected chi connectivity index (χ4v) is 3.26. The Labute approximate surface area is 119 Å². The number of rotatable bonds is 3. The van der Waals surface area contributed by atoms with Gasteiger partial charge in [-0.3, -0.25) is 4.68 Å². The van der Waals surface area contributed by atoms with Crippen molar-refractivity contribution in [2.24, 2.45) is 7.05 Å². The molecule has 0 amide bonds. The van der Waals surface area contributed by atoms with Crippen LogP contribution in [0.2, 0.25) is 0 Å². The summed E-state index contributed by atoms with van der Waals surface area (Å²) in [6.07, 6.45) is 0.885. The molecule has 5 nitrogen and oxygen atoms in total. The van der Waals surface area contributed by atoms with Gasteiger partial charge < -0.3 is 9.55 Å². The van der Waals surface area contributed by atoms with Crippen molar-refractivity contribution in [2.45, 2.75) is 26.8 Å². The summed E-state index contributed by atoms with van der Waals surface area (Å²) in [6.45, 7) is 4.83. The number of hydrogen-bond donors (Lipinski definition) is 1. The Hall–Kier alpha value is -1.47. The van der Waals surface area contributed by atoms with Crippen LogP contribution in [-0.4, -0.2) is 24.3 Å². The summed E-state index contributed by atoms with van der Waals surface area (Å²) in [7, 11) is 1.95. The minimum Gasteiger partial charge on any atom is -0.328 e. The molecule has 0 spiro atoms. The van der Waals surface area contributed by atoms with E-state index >= 15 is 0 Å². The molecule has 7 heteroatoms. The minimum absolute atomic E-state index is 0.748. The zero-order chi connectivity index (χ0) is 13.6. The predicted molar refractivity (Wildman–Crippen MR) is 79.2 cm³/mol. The van der Waals surface area contributed by atoms with E-state index in [1.165, 1.54) is 0 Å². The first-order valence-corrected chi connectivity index (χ1v) is 7.38. The zero-order valence-electron chi connectivity index (χ0n) is 11.1. The predicted octanol–water partition coefficient (Wildman–Crippen LogP) is 2.75. The van der Waals surface area contributed by atoms with Gasteiger partial charge in [0.1, 0.15) is 5.52 Å². The second-order valence-electron chi connectivity index (χ2n) is 4.60. The molecule has 0 aliphatic heterocycles. The van der Waals surface area contributed by atoms with Crippen LogP contribution >= 0.6 is 23.6 Å². The van der Waals surface area contributed by atoms with Crippen molar-refractivity contribution in [1.82, 2.24) is 24.3 Å². The summed E-state index contributed by atoms with van der Waals surface area (Å²) < 4.78 is 4.72. The number of H-pyrrole nitrogens is 1. The van der Waals surface area contributed by atoms with Gasteiger partial charge in [-0.25, -0.2) is 4.98 Å². The largest absolute Gasteiger partial charge is 0.328 e. The third-order valence-electron chi connectivity index (χ3n) is 3.18. The summed E-state index contributed by atoms with van der Waals surface area (Å²) in [5, 5.41) is 7.63. The lowest BCUT2D eigenvalue weighted by atomic mass is 10.3. The molecule has 3 rings (SSSR count). The SMILES string of the molecule is Cc1nc(CCn2c(=S)[nH]c3c(C)nn(C)c32)cs1. The highest BCUT2D eigenvalue weighted by Gasteiger charge is 2.12. The van der Waals surface area contributed by atoms with Crippen molar-refractivity contribution in [3.05, 3.63) is 26.5 Å². The van der Waals surface area contributed by atoms with Crippen LogP contribution in [0.4, 0.5) is 0 Å². The lowest BCUT2D eigenvalue weighted by Crippen LogP contribution is -2.05. The van der Waals surface area contributed by atoms with Gasteiger partial charge in [0.2, 0.25) is 0 Å². The maximum Gasteiger partial charge on any atom is 0.179 e. The summed E-state index contributed by atoms with van der Waals surface area (Å²) >= 11 is 7.08. The van der Waals surface area contributed by atoms with Crippen molar-refractivity contribution >= 4 is 34.7 Å². The third-order valence-corrected chi connectivity index (χ3v) is 4.33. The van der Waals surface area contributed by atoms with E-state index in [2.05, 4.69) is 25.0 Å². The molecule has 0 aromatic carbocycles. The standard InChI is InChI=1S/C12H15N5S2/c1-7-10-11(16(3)15-7)17(12(18)14-10)5-4-9-6-19-8(2)13-9/h6H,4-5H2,1-3H3,(H,14,18). The summed E-state index contributed by atoms with van der Waals surface area (Å²) in [6, 6.07) is 0. The molecule has 0 unspecified atom stereocenters. The molecule has 0 radical (unpaired) electrons. The van der Waals surface area contributed by atoms with Crippen LogP contribution in [0.25, 0.3) is 11.2 Å². The number of aromatic nitrogens is 5. The van der Waals surface area contributed by atoms with Gasteiger partial charge in [-0.1, -0.05) is 0 Å². The Morgan fingerprint density at radius 1 is 1.42 bits per heavy atom. The van der Waals surface area contributed by atoms with Crippen LogP contribution in [0.1, 0.15) is 16.4 Å². The molecule has 0 fully saturated rings. The Morgan fingerprint density at radius 2 is 2.21 bits per heavy atom. The highest BCUT2D eigenvalue weighted by atomic mass is 32.1. The topological polar surface area (TPSA) is 51.4 Å². The van der Waals surface area contributed by atoms with Gasteiger partial charge in [-0.05, 0) is 26.1 Å². The molecule has 3 heterocycles. The monoisotopic (exact) mass is 293 g/mol. The molecule has 1 N–H and O–H groups in total. The summed E-state index contributed by atoms with van der Waals surface area (Å²) in [5.41, 5.74) is 4.18. The Balaban J connectivity index is 1.96. The van der Waals surface area contributed by atoms with Crippen molar-refractivity contribution in [3.8, 4) is 0 Å². The van der Waals surface area contributed by atoms with Crippen molar-refractivity contribution in [3.63, 3.8) is 0 Å². The van der Waals surface area contributed by atoms with E-state index in [0.29, 0.717) is 0 Å². The molecule has 0 saturated heterocycles. The van der Waals surface area contributed by atoms with E-state index in [-0.39, 0.29) is 0 Å². The number of aromatic amines is 1. The van der Waals surface area contributed by atoms with Crippen LogP contribution in [0, 0.1) is 18.6 Å². The van der Waals surface area contributed by atoms with Gasteiger partial charge in [0.05, 0.1) is 16.4 Å². The lowest BCUT2D eigenvalue weighted by molar-refractivity contribution is 0.659. The second-order valence-corrected chi connectivity index (χ2v) is 6.05.